The number of ether oxygens (including phenoxy) is 1. The maximum Gasteiger partial charge on any atom is 0.138 e. The Morgan fingerprint density at radius 1 is 0.885 bits per heavy atom. The Morgan fingerprint density at radius 3 is 2.35 bits per heavy atom. The van der Waals surface area contributed by atoms with E-state index in [2.05, 4.69) is 74.6 Å². The molecule has 0 aliphatic carbocycles. The number of hydrogen-bond acceptors (Lipinski definition) is 2. The van der Waals surface area contributed by atoms with Crippen LogP contribution in [0.4, 0.5) is 5.69 Å². The molecule has 1 N–H and O–H groups in total. The van der Waals surface area contributed by atoms with Crippen molar-refractivity contribution >= 4 is 17.3 Å². The summed E-state index contributed by atoms with van der Waals surface area (Å²) in [4.78, 5) is 0. The first-order chi connectivity index (χ1) is 12.5. The van der Waals surface area contributed by atoms with Crippen molar-refractivity contribution in [2.24, 2.45) is 0 Å². The van der Waals surface area contributed by atoms with Gasteiger partial charge in [-0.05, 0) is 61.2 Å². The fourth-order valence-electron chi connectivity index (χ4n) is 2.76. The summed E-state index contributed by atoms with van der Waals surface area (Å²) in [7, 11) is 0. The number of anilines is 1. The summed E-state index contributed by atoms with van der Waals surface area (Å²) in [6, 6.07) is 20.6. The highest BCUT2D eigenvalue weighted by Gasteiger charge is 2.05. The van der Waals surface area contributed by atoms with Crippen molar-refractivity contribution < 1.29 is 4.74 Å². The number of benzene rings is 3. The van der Waals surface area contributed by atoms with Crippen molar-refractivity contribution in [2.45, 2.75) is 33.9 Å². The van der Waals surface area contributed by atoms with Gasteiger partial charge >= 0.3 is 0 Å². The molecule has 0 aliphatic heterocycles. The van der Waals surface area contributed by atoms with Crippen LogP contribution >= 0.6 is 11.6 Å². The van der Waals surface area contributed by atoms with E-state index in [1.165, 1.54) is 16.7 Å². The molecule has 0 fully saturated rings. The second-order valence-electron chi connectivity index (χ2n) is 6.64. The average Bonchev–Trinajstić information content (AvgIpc) is 2.63. The molecule has 0 bridgehead atoms. The summed E-state index contributed by atoms with van der Waals surface area (Å²) in [6.07, 6.45) is 0. The molecule has 3 aromatic carbocycles. The van der Waals surface area contributed by atoms with E-state index in [1.807, 2.05) is 12.1 Å². The van der Waals surface area contributed by atoms with Crippen molar-refractivity contribution in [2.75, 3.05) is 5.32 Å². The van der Waals surface area contributed by atoms with Gasteiger partial charge in [0.25, 0.3) is 0 Å². The SMILES string of the molecule is Cc1ccc(COc2ccc(CNc3cccc(C)c3C)cc2Cl)cc1. The average molecular weight is 366 g/mol. The fraction of sp³-hybridized carbons (Fsp3) is 0.217. The summed E-state index contributed by atoms with van der Waals surface area (Å²) in [5, 5.41) is 4.12. The van der Waals surface area contributed by atoms with E-state index in [9.17, 15) is 0 Å². The minimum absolute atomic E-state index is 0.514. The van der Waals surface area contributed by atoms with Gasteiger partial charge in [-0.25, -0.2) is 0 Å². The number of nitrogens with one attached hydrogen (secondary N) is 1. The van der Waals surface area contributed by atoms with Crippen LogP contribution in [0, 0.1) is 20.8 Å². The van der Waals surface area contributed by atoms with Gasteiger partial charge < -0.3 is 10.1 Å². The molecule has 134 valence electrons. The Balaban J connectivity index is 1.61. The van der Waals surface area contributed by atoms with Crippen LogP contribution in [-0.4, -0.2) is 0 Å². The molecule has 0 atom stereocenters. The van der Waals surface area contributed by atoms with Gasteiger partial charge in [-0.15, -0.1) is 0 Å². The molecule has 3 rings (SSSR count). The van der Waals surface area contributed by atoms with Crippen LogP contribution in [-0.2, 0) is 13.2 Å². The standard InChI is InChI=1S/C23H24ClNO/c1-16-7-9-19(10-8-16)15-26-23-12-11-20(13-21(23)24)14-25-22-6-4-5-17(2)18(22)3/h4-13,25H,14-15H2,1-3H3. The minimum atomic E-state index is 0.514. The highest BCUT2D eigenvalue weighted by molar-refractivity contribution is 6.32. The van der Waals surface area contributed by atoms with Gasteiger partial charge in [0.15, 0.2) is 0 Å². The molecule has 0 aliphatic rings. The molecule has 0 heterocycles. The third-order valence-electron chi connectivity index (χ3n) is 4.60. The van der Waals surface area contributed by atoms with Gasteiger partial charge in [0.05, 0.1) is 5.02 Å². The van der Waals surface area contributed by atoms with Crippen molar-refractivity contribution in [3.8, 4) is 5.75 Å². The first-order valence-electron chi connectivity index (χ1n) is 8.80. The topological polar surface area (TPSA) is 21.3 Å². The molecular formula is C23H24ClNO. The number of aryl methyl sites for hydroxylation is 2. The highest BCUT2D eigenvalue weighted by Crippen LogP contribution is 2.27. The molecule has 3 heteroatoms. The predicted octanol–water partition coefficient (Wildman–Crippen LogP) is 6.46. The Kier molecular flexibility index (Phi) is 5.85. The maximum absolute atomic E-state index is 6.41. The smallest absolute Gasteiger partial charge is 0.138 e. The van der Waals surface area contributed by atoms with Crippen molar-refractivity contribution in [3.63, 3.8) is 0 Å². The lowest BCUT2D eigenvalue weighted by molar-refractivity contribution is 0.306. The summed E-state index contributed by atoms with van der Waals surface area (Å²) in [6.45, 7) is 7.57. The second-order valence-corrected chi connectivity index (χ2v) is 7.05. The van der Waals surface area contributed by atoms with Crippen molar-refractivity contribution in [3.05, 3.63) is 93.5 Å². The van der Waals surface area contributed by atoms with Crippen LogP contribution in [0.15, 0.2) is 60.7 Å². The quantitative estimate of drug-likeness (QED) is 0.541. The summed E-state index contributed by atoms with van der Waals surface area (Å²) < 4.78 is 5.86. The largest absolute Gasteiger partial charge is 0.487 e. The summed E-state index contributed by atoms with van der Waals surface area (Å²) >= 11 is 6.41. The summed E-state index contributed by atoms with van der Waals surface area (Å²) in [5.74, 6) is 0.711. The maximum atomic E-state index is 6.41. The van der Waals surface area contributed by atoms with Gasteiger partial charge in [-0.1, -0.05) is 59.6 Å². The highest BCUT2D eigenvalue weighted by atomic mass is 35.5. The van der Waals surface area contributed by atoms with Gasteiger partial charge in [-0.3, -0.25) is 0 Å². The fourth-order valence-corrected chi connectivity index (χ4v) is 3.01. The van der Waals surface area contributed by atoms with Crippen molar-refractivity contribution in [1.82, 2.24) is 0 Å². The lowest BCUT2D eigenvalue weighted by Gasteiger charge is -2.13. The van der Waals surface area contributed by atoms with E-state index < -0.39 is 0 Å². The van der Waals surface area contributed by atoms with E-state index in [1.54, 1.807) is 0 Å². The Bertz CT molecular complexity index is 887. The zero-order valence-corrected chi connectivity index (χ0v) is 16.2. The minimum Gasteiger partial charge on any atom is -0.487 e. The van der Waals surface area contributed by atoms with E-state index in [0.29, 0.717) is 17.4 Å². The van der Waals surface area contributed by atoms with Crippen LogP contribution < -0.4 is 10.1 Å². The zero-order chi connectivity index (χ0) is 18.5. The van der Waals surface area contributed by atoms with Crippen LogP contribution in [0.5, 0.6) is 5.75 Å². The molecule has 3 aromatic rings. The number of hydrogen-bond donors (Lipinski definition) is 1. The zero-order valence-electron chi connectivity index (χ0n) is 15.5. The molecule has 0 aromatic heterocycles. The third kappa shape index (κ3) is 4.59. The number of halogens is 1. The molecule has 0 spiro atoms. The van der Waals surface area contributed by atoms with Crippen LogP contribution in [0.25, 0.3) is 0 Å². The first-order valence-corrected chi connectivity index (χ1v) is 9.17. The lowest BCUT2D eigenvalue weighted by atomic mass is 10.1. The molecule has 0 saturated heterocycles. The van der Waals surface area contributed by atoms with Gasteiger partial charge in [0.2, 0.25) is 0 Å². The second kappa shape index (κ2) is 8.29. The van der Waals surface area contributed by atoms with E-state index in [0.717, 1.165) is 23.4 Å². The first kappa shape index (κ1) is 18.3. The normalized spacial score (nSPS) is 10.6. The number of rotatable bonds is 6. The molecule has 26 heavy (non-hydrogen) atoms. The van der Waals surface area contributed by atoms with Crippen LogP contribution in [0.2, 0.25) is 5.02 Å². The third-order valence-corrected chi connectivity index (χ3v) is 4.89. The van der Waals surface area contributed by atoms with Gasteiger partial charge in [-0.2, -0.15) is 0 Å². The van der Waals surface area contributed by atoms with Crippen molar-refractivity contribution in [1.29, 1.82) is 0 Å². The molecule has 0 unspecified atom stereocenters. The summed E-state index contributed by atoms with van der Waals surface area (Å²) in [5.41, 5.74) is 7.21. The van der Waals surface area contributed by atoms with E-state index in [-0.39, 0.29) is 0 Å². The monoisotopic (exact) mass is 365 g/mol. The van der Waals surface area contributed by atoms with Gasteiger partial charge in [0.1, 0.15) is 12.4 Å². The molecule has 0 amide bonds. The van der Waals surface area contributed by atoms with E-state index >= 15 is 0 Å². The lowest BCUT2D eigenvalue weighted by Crippen LogP contribution is -2.02. The van der Waals surface area contributed by atoms with Crippen LogP contribution in [0.3, 0.4) is 0 Å². The van der Waals surface area contributed by atoms with Crippen LogP contribution in [0.1, 0.15) is 27.8 Å². The Morgan fingerprint density at radius 2 is 1.62 bits per heavy atom. The van der Waals surface area contributed by atoms with E-state index in [4.69, 9.17) is 16.3 Å². The van der Waals surface area contributed by atoms with Gasteiger partial charge in [0, 0.05) is 12.2 Å². The Labute approximate surface area is 160 Å². The molecule has 2 nitrogen and oxygen atoms in total. The molecular weight excluding hydrogens is 342 g/mol. The Hall–Kier alpha value is -2.45. The predicted molar refractivity (Wildman–Crippen MR) is 110 cm³/mol. The molecule has 0 saturated carbocycles. The molecule has 0 radical (unpaired) electrons.